The van der Waals surface area contributed by atoms with Crippen LogP contribution in [0.5, 0.6) is 0 Å². The van der Waals surface area contributed by atoms with Crippen LogP contribution < -0.4 is 5.32 Å². The first kappa shape index (κ1) is 13.5. The number of aryl methyl sites for hydroxylation is 1. The predicted molar refractivity (Wildman–Crippen MR) is 71.2 cm³/mol. The summed E-state index contributed by atoms with van der Waals surface area (Å²) >= 11 is 0. The fourth-order valence-corrected chi connectivity index (χ4v) is 2.20. The van der Waals surface area contributed by atoms with Gasteiger partial charge in [-0.1, -0.05) is 19.4 Å². The number of carbonyl (C=O) groups is 2. The van der Waals surface area contributed by atoms with Crippen molar-refractivity contribution >= 4 is 11.8 Å². The number of hydrogen-bond donors (Lipinski definition) is 1. The zero-order valence-corrected chi connectivity index (χ0v) is 11.3. The smallest absolute Gasteiger partial charge is 0.245 e. The van der Waals surface area contributed by atoms with Crippen LogP contribution in [0, 0.1) is 6.92 Å². The lowest BCUT2D eigenvalue weighted by Gasteiger charge is -2.32. The highest BCUT2D eigenvalue weighted by atomic mass is 16.2. The molecule has 1 unspecified atom stereocenters. The summed E-state index contributed by atoms with van der Waals surface area (Å²) in [6.07, 6.45) is 3.31. The molecule has 2 amide bonds. The van der Waals surface area contributed by atoms with Crippen LogP contribution in [0.2, 0.25) is 0 Å². The van der Waals surface area contributed by atoms with Gasteiger partial charge < -0.3 is 10.2 Å². The SMILES string of the molecule is CCCC1NC(=O)CN(Cc2ccc(C)nc2)C1=O. The van der Waals surface area contributed by atoms with Crippen LogP contribution in [-0.4, -0.2) is 34.3 Å². The maximum atomic E-state index is 12.2. The summed E-state index contributed by atoms with van der Waals surface area (Å²) < 4.78 is 0. The van der Waals surface area contributed by atoms with Gasteiger partial charge in [0.15, 0.2) is 0 Å². The van der Waals surface area contributed by atoms with Gasteiger partial charge in [0.2, 0.25) is 11.8 Å². The average Bonchev–Trinajstić information content (AvgIpc) is 2.38. The number of piperazine rings is 1. The number of rotatable bonds is 4. The Kier molecular flexibility index (Phi) is 4.14. The predicted octanol–water partition coefficient (Wildman–Crippen LogP) is 1.02. The minimum Gasteiger partial charge on any atom is -0.343 e. The molecular formula is C14H19N3O2. The quantitative estimate of drug-likeness (QED) is 0.880. The molecule has 102 valence electrons. The highest BCUT2D eigenvalue weighted by Gasteiger charge is 2.31. The first-order valence-corrected chi connectivity index (χ1v) is 6.60. The Morgan fingerprint density at radius 2 is 2.21 bits per heavy atom. The number of nitrogens with one attached hydrogen (secondary N) is 1. The molecule has 0 aromatic carbocycles. The van der Waals surface area contributed by atoms with Crippen LogP contribution >= 0.6 is 0 Å². The monoisotopic (exact) mass is 261 g/mol. The molecule has 19 heavy (non-hydrogen) atoms. The lowest BCUT2D eigenvalue weighted by atomic mass is 10.1. The van der Waals surface area contributed by atoms with Crippen LogP contribution in [0.4, 0.5) is 0 Å². The van der Waals surface area contributed by atoms with E-state index in [1.54, 1.807) is 11.1 Å². The van der Waals surface area contributed by atoms with E-state index < -0.39 is 0 Å². The Bertz CT molecular complexity index is 470. The van der Waals surface area contributed by atoms with E-state index in [4.69, 9.17) is 0 Å². The van der Waals surface area contributed by atoms with Gasteiger partial charge in [0.05, 0.1) is 6.54 Å². The molecule has 5 nitrogen and oxygen atoms in total. The standard InChI is InChI=1S/C14H19N3O2/c1-3-4-12-14(19)17(9-13(18)16-12)8-11-6-5-10(2)15-7-11/h5-7,12H,3-4,8-9H2,1-2H3,(H,16,18). The van der Waals surface area contributed by atoms with Crippen molar-refractivity contribution in [2.45, 2.75) is 39.3 Å². The molecule has 1 fully saturated rings. The van der Waals surface area contributed by atoms with Crippen LogP contribution in [0.15, 0.2) is 18.3 Å². The van der Waals surface area contributed by atoms with E-state index in [-0.39, 0.29) is 24.4 Å². The zero-order chi connectivity index (χ0) is 13.8. The number of hydrogen-bond acceptors (Lipinski definition) is 3. The normalized spacial score (nSPS) is 19.5. The molecular weight excluding hydrogens is 242 g/mol. The third-order valence-electron chi connectivity index (χ3n) is 3.20. The zero-order valence-electron chi connectivity index (χ0n) is 11.3. The van der Waals surface area contributed by atoms with E-state index in [1.807, 2.05) is 26.0 Å². The van der Waals surface area contributed by atoms with Crippen molar-refractivity contribution in [3.05, 3.63) is 29.6 Å². The van der Waals surface area contributed by atoms with E-state index in [9.17, 15) is 9.59 Å². The van der Waals surface area contributed by atoms with E-state index >= 15 is 0 Å². The summed E-state index contributed by atoms with van der Waals surface area (Å²) in [7, 11) is 0. The number of amides is 2. The summed E-state index contributed by atoms with van der Waals surface area (Å²) in [5.74, 6) is -0.0832. The van der Waals surface area contributed by atoms with Crippen LogP contribution in [0.25, 0.3) is 0 Å². The number of pyridine rings is 1. The Morgan fingerprint density at radius 3 is 2.84 bits per heavy atom. The third-order valence-corrected chi connectivity index (χ3v) is 3.20. The molecule has 1 aromatic rings. The largest absolute Gasteiger partial charge is 0.343 e. The second-order valence-electron chi connectivity index (χ2n) is 4.91. The molecule has 1 aliphatic heterocycles. The molecule has 0 spiro atoms. The summed E-state index contributed by atoms with van der Waals surface area (Å²) in [5, 5.41) is 2.75. The lowest BCUT2D eigenvalue weighted by molar-refractivity contribution is -0.145. The molecule has 1 aliphatic rings. The van der Waals surface area contributed by atoms with Crippen molar-refractivity contribution in [1.29, 1.82) is 0 Å². The summed E-state index contributed by atoms with van der Waals surface area (Å²) in [6.45, 7) is 4.50. The number of carbonyl (C=O) groups excluding carboxylic acids is 2. The number of nitrogens with zero attached hydrogens (tertiary/aromatic N) is 2. The topological polar surface area (TPSA) is 62.3 Å². The third kappa shape index (κ3) is 3.30. The van der Waals surface area contributed by atoms with Gasteiger partial charge in [0.1, 0.15) is 6.04 Å². The Hall–Kier alpha value is -1.91. The van der Waals surface area contributed by atoms with Crippen LogP contribution in [-0.2, 0) is 16.1 Å². The second-order valence-corrected chi connectivity index (χ2v) is 4.91. The first-order chi connectivity index (χ1) is 9.10. The Morgan fingerprint density at radius 1 is 1.42 bits per heavy atom. The van der Waals surface area contributed by atoms with Crippen molar-refractivity contribution < 1.29 is 9.59 Å². The van der Waals surface area contributed by atoms with Gasteiger partial charge in [0.25, 0.3) is 0 Å². The van der Waals surface area contributed by atoms with Crippen molar-refractivity contribution in [1.82, 2.24) is 15.2 Å². The van der Waals surface area contributed by atoms with Gasteiger partial charge >= 0.3 is 0 Å². The molecule has 0 aliphatic carbocycles. The lowest BCUT2D eigenvalue weighted by Crippen LogP contribution is -2.57. The summed E-state index contributed by atoms with van der Waals surface area (Å²) in [4.78, 5) is 29.7. The van der Waals surface area contributed by atoms with Crippen LogP contribution in [0.3, 0.4) is 0 Å². The van der Waals surface area contributed by atoms with Gasteiger partial charge in [0, 0.05) is 18.4 Å². The highest BCUT2D eigenvalue weighted by molar-refractivity contribution is 5.94. The minimum absolute atomic E-state index is 0.00188. The van der Waals surface area contributed by atoms with E-state index in [2.05, 4.69) is 10.3 Å². The molecule has 1 saturated heterocycles. The molecule has 0 bridgehead atoms. The van der Waals surface area contributed by atoms with E-state index in [1.165, 1.54) is 0 Å². The Balaban J connectivity index is 2.07. The summed E-state index contributed by atoms with van der Waals surface area (Å²) in [5.41, 5.74) is 1.89. The average molecular weight is 261 g/mol. The first-order valence-electron chi connectivity index (χ1n) is 6.60. The molecule has 2 heterocycles. The van der Waals surface area contributed by atoms with Crippen molar-refractivity contribution in [3.63, 3.8) is 0 Å². The van der Waals surface area contributed by atoms with Gasteiger partial charge in [-0.05, 0) is 25.0 Å². The van der Waals surface area contributed by atoms with Gasteiger partial charge in [-0.15, -0.1) is 0 Å². The maximum Gasteiger partial charge on any atom is 0.245 e. The number of aromatic nitrogens is 1. The highest BCUT2D eigenvalue weighted by Crippen LogP contribution is 2.12. The van der Waals surface area contributed by atoms with Gasteiger partial charge in [-0.2, -0.15) is 0 Å². The molecule has 1 aromatic heterocycles. The molecule has 0 radical (unpaired) electrons. The molecule has 1 atom stereocenters. The fraction of sp³-hybridized carbons (Fsp3) is 0.500. The molecule has 2 rings (SSSR count). The van der Waals surface area contributed by atoms with Crippen molar-refractivity contribution in [2.24, 2.45) is 0 Å². The van der Waals surface area contributed by atoms with E-state index in [0.717, 1.165) is 17.7 Å². The Labute approximate surface area is 113 Å². The fourth-order valence-electron chi connectivity index (χ4n) is 2.20. The maximum absolute atomic E-state index is 12.2. The molecule has 5 heteroatoms. The molecule has 0 saturated carbocycles. The van der Waals surface area contributed by atoms with E-state index in [0.29, 0.717) is 13.0 Å². The van der Waals surface area contributed by atoms with Gasteiger partial charge in [-0.3, -0.25) is 14.6 Å². The second kappa shape index (κ2) is 5.82. The van der Waals surface area contributed by atoms with Crippen molar-refractivity contribution in [3.8, 4) is 0 Å². The van der Waals surface area contributed by atoms with Crippen LogP contribution in [0.1, 0.15) is 31.0 Å². The van der Waals surface area contributed by atoms with Gasteiger partial charge in [-0.25, -0.2) is 0 Å². The molecule has 1 N–H and O–H groups in total. The summed E-state index contributed by atoms with van der Waals surface area (Å²) in [6, 6.07) is 3.48. The van der Waals surface area contributed by atoms with Crippen molar-refractivity contribution in [2.75, 3.05) is 6.54 Å². The minimum atomic E-state index is -0.371.